The van der Waals surface area contributed by atoms with Gasteiger partial charge in [-0.1, -0.05) is 12.1 Å². The third-order valence-corrected chi connectivity index (χ3v) is 7.12. The summed E-state index contributed by atoms with van der Waals surface area (Å²) in [5.74, 6) is -0.863. The number of nitrogens with zero attached hydrogens (tertiary/aromatic N) is 2. The number of nitrogens with one attached hydrogen (secondary N) is 1. The fourth-order valence-electron chi connectivity index (χ4n) is 3.62. The molecule has 0 unspecified atom stereocenters. The molecule has 1 fully saturated rings. The number of hydrogen-bond donors (Lipinski definition) is 1. The second-order valence-corrected chi connectivity index (χ2v) is 9.25. The van der Waals surface area contributed by atoms with E-state index in [0.717, 1.165) is 24.3 Å². The number of carbonyl (C=O) groups excluding carboxylic acids is 1. The van der Waals surface area contributed by atoms with E-state index in [1.807, 2.05) is 0 Å². The van der Waals surface area contributed by atoms with E-state index in [0.29, 0.717) is 16.5 Å². The average molecular weight is 481 g/mol. The third kappa shape index (κ3) is 4.86. The van der Waals surface area contributed by atoms with Crippen LogP contribution in [-0.2, 0) is 10.0 Å². The highest BCUT2D eigenvalue weighted by Crippen LogP contribution is 2.26. The van der Waals surface area contributed by atoms with Crippen LogP contribution in [0.3, 0.4) is 0 Å². The first-order valence-corrected chi connectivity index (χ1v) is 11.3. The lowest BCUT2D eigenvalue weighted by molar-refractivity contribution is -0.274. The number of halogens is 3. The zero-order chi connectivity index (χ0) is 23.8. The number of amides is 1. The molecule has 33 heavy (non-hydrogen) atoms. The molecule has 1 saturated heterocycles. The number of ether oxygens (including phenoxy) is 1. The number of pyridine rings is 1. The number of benzene rings is 2. The Bertz CT molecular complexity index is 1350. The largest absolute Gasteiger partial charge is 0.573 e. The van der Waals surface area contributed by atoms with Crippen molar-refractivity contribution in [2.75, 3.05) is 26.2 Å². The molecule has 2 aromatic carbocycles. The molecule has 174 valence electrons. The van der Waals surface area contributed by atoms with Crippen molar-refractivity contribution in [3.8, 4) is 5.75 Å². The van der Waals surface area contributed by atoms with E-state index in [-0.39, 0.29) is 42.5 Å². The van der Waals surface area contributed by atoms with Gasteiger partial charge in [-0.3, -0.25) is 9.59 Å². The molecule has 4 rings (SSSR count). The van der Waals surface area contributed by atoms with Gasteiger partial charge in [-0.2, -0.15) is 4.31 Å². The second-order valence-electron chi connectivity index (χ2n) is 7.31. The van der Waals surface area contributed by atoms with E-state index in [1.165, 1.54) is 15.3 Å². The maximum atomic E-state index is 13.0. The van der Waals surface area contributed by atoms with E-state index < -0.39 is 22.1 Å². The van der Waals surface area contributed by atoms with Gasteiger partial charge in [-0.15, -0.1) is 13.2 Å². The summed E-state index contributed by atoms with van der Waals surface area (Å²) < 4.78 is 67.5. The number of aromatic amines is 1. The fraction of sp³-hybridized carbons (Fsp3) is 0.238. The summed E-state index contributed by atoms with van der Waals surface area (Å²) in [5, 5.41) is 0.694. The fourth-order valence-corrected chi connectivity index (χ4v) is 5.04. The Labute approximate surface area is 186 Å². The molecule has 0 atom stereocenters. The Balaban J connectivity index is 1.47. The van der Waals surface area contributed by atoms with Crippen LogP contribution in [0.25, 0.3) is 10.9 Å². The van der Waals surface area contributed by atoms with E-state index in [2.05, 4.69) is 9.72 Å². The van der Waals surface area contributed by atoms with Gasteiger partial charge >= 0.3 is 6.36 Å². The molecule has 1 aliphatic rings. The Kier molecular flexibility index (Phi) is 5.89. The molecule has 3 aromatic rings. The first-order valence-electron chi connectivity index (χ1n) is 9.82. The Hall–Kier alpha value is -3.38. The summed E-state index contributed by atoms with van der Waals surface area (Å²) in [5.41, 5.74) is 0.373. The van der Waals surface area contributed by atoms with Gasteiger partial charge in [0.1, 0.15) is 5.75 Å². The van der Waals surface area contributed by atoms with Crippen molar-refractivity contribution in [3.63, 3.8) is 0 Å². The molecule has 1 amide bonds. The van der Waals surface area contributed by atoms with Crippen LogP contribution in [0.4, 0.5) is 13.2 Å². The molecule has 0 aliphatic carbocycles. The quantitative estimate of drug-likeness (QED) is 0.618. The normalized spacial score (nSPS) is 15.5. The molecule has 2 heterocycles. The summed E-state index contributed by atoms with van der Waals surface area (Å²) in [4.78, 5) is 28.7. The maximum absolute atomic E-state index is 13.0. The SMILES string of the molecule is O=C(c1cccc2ccc(=O)[nH]c12)N1CCN(S(=O)(=O)c2ccc(OC(F)(F)F)cc2)CC1. The number of hydrogen-bond acceptors (Lipinski definition) is 5. The van der Waals surface area contributed by atoms with Gasteiger partial charge in [0.05, 0.1) is 16.0 Å². The highest BCUT2D eigenvalue weighted by molar-refractivity contribution is 7.89. The zero-order valence-electron chi connectivity index (χ0n) is 17.0. The summed E-state index contributed by atoms with van der Waals surface area (Å²) in [6.07, 6.45) is -4.87. The predicted octanol–water partition coefficient (Wildman–Crippen LogP) is 2.57. The van der Waals surface area contributed by atoms with Crippen molar-refractivity contribution in [1.29, 1.82) is 0 Å². The van der Waals surface area contributed by atoms with Crippen LogP contribution in [0.15, 0.2) is 64.3 Å². The Morgan fingerprint density at radius 1 is 0.939 bits per heavy atom. The topological polar surface area (TPSA) is 99.8 Å². The third-order valence-electron chi connectivity index (χ3n) is 5.21. The molecule has 1 aromatic heterocycles. The lowest BCUT2D eigenvalue weighted by Crippen LogP contribution is -2.50. The summed E-state index contributed by atoms with van der Waals surface area (Å²) in [6.45, 7) is 0.244. The van der Waals surface area contributed by atoms with Gasteiger partial charge < -0.3 is 14.6 Å². The molecule has 1 aliphatic heterocycles. The van der Waals surface area contributed by atoms with E-state index in [9.17, 15) is 31.2 Å². The molecule has 0 spiro atoms. The zero-order valence-corrected chi connectivity index (χ0v) is 17.8. The van der Waals surface area contributed by atoms with Gasteiger partial charge in [-0.25, -0.2) is 8.42 Å². The van der Waals surface area contributed by atoms with E-state index >= 15 is 0 Å². The van der Waals surface area contributed by atoms with Crippen molar-refractivity contribution < 1.29 is 31.1 Å². The average Bonchev–Trinajstić information content (AvgIpc) is 2.77. The van der Waals surface area contributed by atoms with Crippen LogP contribution in [0.1, 0.15) is 10.4 Å². The maximum Gasteiger partial charge on any atom is 0.573 e. The highest BCUT2D eigenvalue weighted by atomic mass is 32.2. The molecular formula is C21H18F3N3O5S. The predicted molar refractivity (Wildman–Crippen MR) is 112 cm³/mol. The molecule has 8 nitrogen and oxygen atoms in total. The van der Waals surface area contributed by atoms with Crippen LogP contribution >= 0.6 is 0 Å². The van der Waals surface area contributed by atoms with Crippen LogP contribution in [0, 0.1) is 0 Å². The van der Waals surface area contributed by atoms with Crippen molar-refractivity contribution in [1.82, 2.24) is 14.2 Å². The molecule has 0 saturated carbocycles. The number of para-hydroxylation sites is 1. The van der Waals surface area contributed by atoms with Gasteiger partial charge in [0, 0.05) is 32.2 Å². The number of aromatic nitrogens is 1. The van der Waals surface area contributed by atoms with Crippen molar-refractivity contribution in [2.24, 2.45) is 0 Å². The lowest BCUT2D eigenvalue weighted by atomic mass is 10.1. The summed E-state index contributed by atoms with van der Waals surface area (Å²) >= 11 is 0. The second kappa shape index (κ2) is 8.52. The number of fused-ring (bicyclic) bond motifs is 1. The first kappa shape index (κ1) is 22.8. The van der Waals surface area contributed by atoms with Crippen molar-refractivity contribution >= 4 is 26.8 Å². The molecule has 0 bridgehead atoms. The van der Waals surface area contributed by atoms with Crippen LogP contribution in [0.2, 0.25) is 0 Å². The van der Waals surface area contributed by atoms with Crippen LogP contribution < -0.4 is 10.3 Å². The van der Waals surface area contributed by atoms with Gasteiger partial charge in [-0.05, 0) is 41.8 Å². The van der Waals surface area contributed by atoms with Gasteiger partial charge in [0.2, 0.25) is 15.6 Å². The number of carbonyl (C=O) groups is 1. The minimum Gasteiger partial charge on any atom is -0.406 e. The summed E-state index contributed by atoms with van der Waals surface area (Å²) in [7, 11) is -3.97. The van der Waals surface area contributed by atoms with Crippen molar-refractivity contribution in [2.45, 2.75) is 11.3 Å². The smallest absolute Gasteiger partial charge is 0.406 e. The molecule has 0 radical (unpaired) electrons. The van der Waals surface area contributed by atoms with Gasteiger partial charge in [0.15, 0.2) is 0 Å². The number of H-pyrrole nitrogens is 1. The monoisotopic (exact) mass is 481 g/mol. The highest BCUT2D eigenvalue weighted by Gasteiger charge is 2.33. The van der Waals surface area contributed by atoms with E-state index in [1.54, 1.807) is 24.3 Å². The Morgan fingerprint density at radius 3 is 2.24 bits per heavy atom. The van der Waals surface area contributed by atoms with Crippen molar-refractivity contribution in [3.05, 3.63) is 70.5 Å². The van der Waals surface area contributed by atoms with Gasteiger partial charge in [0.25, 0.3) is 5.91 Å². The first-order chi connectivity index (χ1) is 15.5. The molecule has 12 heteroatoms. The minimum absolute atomic E-state index is 0.0101. The minimum atomic E-state index is -4.87. The number of sulfonamides is 1. The van der Waals surface area contributed by atoms with Crippen LogP contribution in [0.5, 0.6) is 5.75 Å². The number of alkyl halides is 3. The molecular weight excluding hydrogens is 463 g/mol. The lowest BCUT2D eigenvalue weighted by Gasteiger charge is -2.34. The van der Waals surface area contributed by atoms with E-state index in [4.69, 9.17) is 0 Å². The number of rotatable bonds is 4. The standard InChI is InChI=1S/C21H18F3N3O5S/c22-21(23,24)32-15-5-7-16(8-6-15)33(30,31)27-12-10-26(11-13-27)20(29)17-3-1-2-14-4-9-18(28)25-19(14)17/h1-9H,10-13H2,(H,25,28). The Morgan fingerprint density at radius 2 is 1.61 bits per heavy atom. The molecule has 1 N–H and O–H groups in total. The van der Waals surface area contributed by atoms with Crippen LogP contribution in [-0.4, -0.2) is 61.1 Å². The summed E-state index contributed by atoms with van der Waals surface area (Å²) in [6, 6.07) is 12.0. The number of piperazine rings is 1.